The Bertz CT molecular complexity index is 834. The van der Waals surface area contributed by atoms with Gasteiger partial charge in [0.25, 0.3) is 5.91 Å². The van der Waals surface area contributed by atoms with E-state index in [0.29, 0.717) is 44.0 Å². The summed E-state index contributed by atoms with van der Waals surface area (Å²) in [7, 11) is 0. The van der Waals surface area contributed by atoms with Gasteiger partial charge < -0.3 is 20.3 Å². The molecule has 0 bridgehead atoms. The predicted molar refractivity (Wildman–Crippen MR) is 130 cm³/mol. The van der Waals surface area contributed by atoms with E-state index in [2.05, 4.69) is 10.6 Å². The van der Waals surface area contributed by atoms with E-state index >= 15 is 0 Å². The molecule has 2 rings (SSSR count). The van der Waals surface area contributed by atoms with Crippen LogP contribution in [0.2, 0.25) is 0 Å². The predicted octanol–water partition coefficient (Wildman–Crippen LogP) is 2.28. The van der Waals surface area contributed by atoms with Crippen molar-refractivity contribution in [2.75, 3.05) is 44.6 Å². The summed E-state index contributed by atoms with van der Waals surface area (Å²) in [6.45, 7) is 10.5. The quantitative estimate of drug-likeness (QED) is 0.450. The molecule has 1 saturated heterocycles. The number of amides is 3. The van der Waals surface area contributed by atoms with Gasteiger partial charge >= 0.3 is 5.97 Å². The summed E-state index contributed by atoms with van der Waals surface area (Å²) in [5.74, 6) is -0.858. The minimum absolute atomic E-state index is 0.0203. The molecule has 9 nitrogen and oxygen atoms in total. The summed E-state index contributed by atoms with van der Waals surface area (Å²) in [4.78, 5) is 53.4. The molecule has 0 radical (unpaired) electrons. The van der Waals surface area contributed by atoms with Gasteiger partial charge in [0.1, 0.15) is 6.04 Å². The number of hydrogen-bond acceptors (Lipinski definition) is 6. The third-order valence-electron chi connectivity index (χ3n) is 5.42. The molecule has 0 aromatic heterocycles. The van der Waals surface area contributed by atoms with Crippen LogP contribution in [0.5, 0.6) is 0 Å². The number of carbonyl (C=O) groups is 4. The largest absolute Gasteiger partial charge is 0.465 e. The van der Waals surface area contributed by atoms with Crippen molar-refractivity contribution in [2.24, 2.45) is 5.92 Å². The van der Waals surface area contributed by atoms with Crippen molar-refractivity contribution >= 4 is 29.4 Å². The monoisotopic (exact) mass is 474 g/mol. The maximum absolute atomic E-state index is 12.7. The molecule has 0 saturated carbocycles. The Hall–Kier alpha value is -2.94. The molecule has 1 heterocycles. The van der Waals surface area contributed by atoms with Gasteiger partial charge in [0.2, 0.25) is 11.8 Å². The molecular weight excluding hydrogens is 436 g/mol. The van der Waals surface area contributed by atoms with Gasteiger partial charge in [-0.3, -0.25) is 24.1 Å². The first-order valence-electron chi connectivity index (χ1n) is 12.1. The SMILES string of the molecule is CCCN(CCC)C(=O)c1ccc(NC(=O)CN2CCNC(=O)C2CC(=O)OCC(C)C)cc1. The lowest BCUT2D eigenvalue weighted by Gasteiger charge is -2.33. The summed E-state index contributed by atoms with van der Waals surface area (Å²) in [6, 6.07) is 6.06. The third kappa shape index (κ3) is 8.44. The van der Waals surface area contributed by atoms with Gasteiger partial charge in [0.05, 0.1) is 19.6 Å². The molecule has 1 aromatic rings. The van der Waals surface area contributed by atoms with Crippen molar-refractivity contribution < 1.29 is 23.9 Å². The molecular formula is C25H38N4O5. The summed E-state index contributed by atoms with van der Waals surface area (Å²) >= 11 is 0. The minimum atomic E-state index is -0.748. The fourth-order valence-electron chi connectivity index (χ4n) is 3.77. The van der Waals surface area contributed by atoms with Crippen LogP contribution in [-0.2, 0) is 19.1 Å². The lowest BCUT2D eigenvalue weighted by molar-refractivity contribution is -0.149. The number of anilines is 1. The van der Waals surface area contributed by atoms with Crippen LogP contribution in [0.1, 0.15) is 57.3 Å². The van der Waals surface area contributed by atoms with Crippen LogP contribution in [-0.4, -0.2) is 78.9 Å². The summed E-state index contributed by atoms with van der Waals surface area (Å²) in [5, 5.41) is 5.55. The molecule has 3 amide bonds. The molecule has 1 aromatic carbocycles. The smallest absolute Gasteiger partial charge is 0.307 e. The van der Waals surface area contributed by atoms with Crippen molar-refractivity contribution in [3.63, 3.8) is 0 Å². The number of benzene rings is 1. The van der Waals surface area contributed by atoms with Gasteiger partial charge in [0.15, 0.2) is 0 Å². The number of rotatable bonds is 12. The standard InChI is InChI=1S/C25H38N4O5/c1-5-12-28(13-6-2)25(33)19-7-9-20(10-8-19)27-22(30)16-29-14-11-26-24(32)21(29)15-23(31)34-17-18(3)4/h7-10,18,21H,5-6,11-17H2,1-4H3,(H,26,32)(H,27,30). The fourth-order valence-corrected chi connectivity index (χ4v) is 3.77. The van der Waals surface area contributed by atoms with Gasteiger partial charge in [-0.05, 0) is 43.0 Å². The number of hydrogen-bond donors (Lipinski definition) is 2. The van der Waals surface area contributed by atoms with Crippen LogP contribution < -0.4 is 10.6 Å². The second-order valence-electron chi connectivity index (χ2n) is 8.98. The van der Waals surface area contributed by atoms with E-state index < -0.39 is 12.0 Å². The van der Waals surface area contributed by atoms with Crippen LogP contribution in [0.25, 0.3) is 0 Å². The molecule has 188 valence electrons. The number of ether oxygens (including phenoxy) is 1. The molecule has 1 fully saturated rings. The Balaban J connectivity index is 1.95. The molecule has 34 heavy (non-hydrogen) atoms. The van der Waals surface area contributed by atoms with E-state index in [1.807, 2.05) is 32.6 Å². The van der Waals surface area contributed by atoms with Crippen LogP contribution in [0.15, 0.2) is 24.3 Å². The average molecular weight is 475 g/mol. The van der Waals surface area contributed by atoms with Crippen molar-refractivity contribution in [1.29, 1.82) is 0 Å². The zero-order chi connectivity index (χ0) is 25.1. The first-order valence-corrected chi connectivity index (χ1v) is 12.1. The highest BCUT2D eigenvalue weighted by molar-refractivity contribution is 5.96. The highest BCUT2D eigenvalue weighted by Crippen LogP contribution is 2.14. The lowest BCUT2D eigenvalue weighted by atomic mass is 10.1. The number of nitrogens with zero attached hydrogens (tertiary/aromatic N) is 2. The summed E-state index contributed by atoms with van der Waals surface area (Å²) in [6.07, 6.45) is 1.68. The van der Waals surface area contributed by atoms with E-state index in [1.54, 1.807) is 29.2 Å². The van der Waals surface area contributed by atoms with Gasteiger partial charge in [0, 0.05) is 37.4 Å². The highest BCUT2D eigenvalue weighted by Gasteiger charge is 2.33. The first kappa shape index (κ1) is 27.3. The zero-order valence-corrected chi connectivity index (χ0v) is 20.8. The lowest BCUT2D eigenvalue weighted by Crippen LogP contribution is -2.57. The Kier molecular flexibility index (Phi) is 11.0. The molecule has 1 aliphatic heterocycles. The van der Waals surface area contributed by atoms with E-state index in [4.69, 9.17) is 4.74 Å². The molecule has 1 atom stereocenters. The van der Waals surface area contributed by atoms with Crippen LogP contribution in [0, 0.1) is 5.92 Å². The number of piperazine rings is 1. The maximum Gasteiger partial charge on any atom is 0.307 e. The molecule has 1 aliphatic rings. The van der Waals surface area contributed by atoms with E-state index in [-0.39, 0.29) is 36.6 Å². The van der Waals surface area contributed by atoms with Gasteiger partial charge in [-0.2, -0.15) is 0 Å². The second-order valence-corrected chi connectivity index (χ2v) is 8.98. The molecule has 1 unspecified atom stereocenters. The Morgan fingerprint density at radius 1 is 1.15 bits per heavy atom. The van der Waals surface area contributed by atoms with Crippen molar-refractivity contribution in [1.82, 2.24) is 15.1 Å². The Morgan fingerprint density at radius 3 is 2.38 bits per heavy atom. The molecule has 2 N–H and O–H groups in total. The van der Waals surface area contributed by atoms with E-state index in [0.717, 1.165) is 12.8 Å². The van der Waals surface area contributed by atoms with Crippen LogP contribution in [0.3, 0.4) is 0 Å². The zero-order valence-electron chi connectivity index (χ0n) is 20.8. The van der Waals surface area contributed by atoms with E-state index in [9.17, 15) is 19.2 Å². The van der Waals surface area contributed by atoms with Crippen molar-refractivity contribution in [3.05, 3.63) is 29.8 Å². The second kappa shape index (κ2) is 13.7. The Morgan fingerprint density at radius 2 is 1.79 bits per heavy atom. The van der Waals surface area contributed by atoms with Crippen molar-refractivity contribution in [3.8, 4) is 0 Å². The molecule has 0 spiro atoms. The highest BCUT2D eigenvalue weighted by atomic mass is 16.5. The molecule has 0 aliphatic carbocycles. The Labute approximate surface area is 202 Å². The fraction of sp³-hybridized carbons (Fsp3) is 0.600. The molecule has 9 heteroatoms. The number of carbonyl (C=O) groups excluding carboxylic acids is 4. The van der Waals surface area contributed by atoms with Gasteiger partial charge in [-0.15, -0.1) is 0 Å². The third-order valence-corrected chi connectivity index (χ3v) is 5.42. The maximum atomic E-state index is 12.7. The summed E-state index contributed by atoms with van der Waals surface area (Å²) < 4.78 is 5.20. The van der Waals surface area contributed by atoms with Gasteiger partial charge in [-0.1, -0.05) is 27.7 Å². The van der Waals surface area contributed by atoms with Gasteiger partial charge in [-0.25, -0.2) is 0 Å². The van der Waals surface area contributed by atoms with Crippen LogP contribution >= 0.6 is 0 Å². The first-order chi connectivity index (χ1) is 16.2. The normalized spacial score (nSPS) is 16.1. The topological polar surface area (TPSA) is 108 Å². The summed E-state index contributed by atoms with van der Waals surface area (Å²) in [5.41, 5.74) is 1.14. The number of nitrogens with one attached hydrogen (secondary N) is 2. The average Bonchev–Trinajstić information content (AvgIpc) is 2.80. The van der Waals surface area contributed by atoms with E-state index in [1.165, 1.54) is 0 Å². The van der Waals surface area contributed by atoms with Crippen molar-refractivity contribution in [2.45, 2.75) is 53.0 Å². The minimum Gasteiger partial charge on any atom is -0.465 e. The van der Waals surface area contributed by atoms with Crippen LogP contribution in [0.4, 0.5) is 5.69 Å². The number of esters is 1.